The van der Waals surface area contributed by atoms with Gasteiger partial charge in [-0.15, -0.1) is 0 Å². The first kappa shape index (κ1) is 18.2. The van der Waals surface area contributed by atoms with Crippen LogP contribution in [-0.4, -0.2) is 36.1 Å². The molecule has 4 rings (SSSR count). The Morgan fingerprint density at radius 1 is 0.857 bits per heavy atom. The monoisotopic (exact) mass is 373 g/mol. The van der Waals surface area contributed by atoms with Crippen LogP contribution >= 0.6 is 0 Å². The van der Waals surface area contributed by atoms with Gasteiger partial charge in [-0.05, 0) is 48.6 Å². The van der Waals surface area contributed by atoms with E-state index < -0.39 is 0 Å². The molecule has 0 saturated heterocycles. The Kier molecular flexibility index (Phi) is 5.33. The number of aromatic amines is 2. The minimum atomic E-state index is 0.841. The number of rotatable bonds is 6. The van der Waals surface area contributed by atoms with Crippen molar-refractivity contribution in [3.63, 3.8) is 0 Å². The maximum Gasteiger partial charge on any atom is 0.190 e. The van der Waals surface area contributed by atoms with Crippen LogP contribution in [0.3, 0.4) is 0 Å². The van der Waals surface area contributed by atoms with E-state index in [1.54, 1.807) is 0 Å². The Balaban J connectivity index is 1.28. The molecule has 5 nitrogen and oxygen atoms in total. The molecule has 5 heteroatoms. The molecule has 0 atom stereocenters. The third-order valence-electron chi connectivity index (χ3n) is 5.20. The molecule has 0 spiro atoms. The standard InChI is InChI=1S/C23H27N5/c1-16-7-8-20-18(15-28-22(20)13-16)10-12-26-23(24-2)25-11-9-17-14-27-21-6-4-3-5-19(17)21/h3-8,13-15,27-28H,9-12H2,1-2H3,(H2,24,25,26). The van der Waals surface area contributed by atoms with E-state index in [0.29, 0.717) is 0 Å². The molecule has 2 aromatic carbocycles. The summed E-state index contributed by atoms with van der Waals surface area (Å²) in [6, 6.07) is 15.0. The molecule has 0 aliphatic carbocycles. The molecular weight excluding hydrogens is 346 g/mol. The lowest BCUT2D eigenvalue weighted by atomic mass is 10.1. The number of para-hydroxylation sites is 1. The molecule has 28 heavy (non-hydrogen) atoms. The molecule has 0 unspecified atom stereocenters. The number of hydrogen-bond acceptors (Lipinski definition) is 1. The molecule has 0 fully saturated rings. The number of H-pyrrole nitrogens is 2. The molecule has 2 aromatic heterocycles. The quantitative estimate of drug-likeness (QED) is 0.306. The highest BCUT2D eigenvalue weighted by Gasteiger charge is 2.06. The van der Waals surface area contributed by atoms with Crippen molar-refractivity contribution in [3.8, 4) is 0 Å². The second kappa shape index (κ2) is 8.21. The number of fused-ring (bicyclic) bond motifs is 2. The van der Waals surface area contributed by atoms with Crippen LogP contribution in [0.15, 0.2) is 59.9 Å². The van der Waals surface area contributed by atoms with Crippen molar-refractivity contribution in [1.29, 1.82) is 0 Å². The first-order valence-corrected chi connectivity index (χ1v) is 9.81. The third-order valence-corrected chi connectivity index (χ3v) is 5.20. The summed E-state index contributed by atoms with van der Waals surface area (Å²) in [6.45, 7) is 3.80. The second-order valence-corrected chi connectivity index (χ2v) is 7.15. The van der Waals surface area contributed by atoms with Crippen LogP contribution < -0.4 is 10.6 Å². The van der Waals surface area contributed by atoms with E-state index in [9.17, 15) is 0 Å². The number of benzene rings is 2. The van der Waals surface area contributed by atoms with Crippen molar-refractivity contribution < 1.29 is 0 Å². The van der Waals surface area contributed by atoms with E-state index in [0.717, 1.165) is 31.9 Å². The van der Waals surface area contributed by atoms with Crippen molar-refractivity contribution in [3.05, 3.63) is 71.5 Å². The van der Waals surface area contributed by atoms with E-state index >= 15 is 0 Å². The van der Waals surface area contributed by atoms with Crippen molar-refractivity contribution >= 4 is 27.8 Å². The number of aryl methyl sites for hydroxylation is 1. The van der Waals surface area contributed by atoms with Gasteiger partial charge in [0.25, 0.3) is 0 Å². The highest BCUT2D eigenvalue weighted by Crippen LogP contribution is 2.20. The zero-order chi connectivity index (χ0) is 19.3. The predicted octanol–water partition coefficient (Wildman–Crippen LogP) is 3.91. The van der Waals surface area contributed by atoms with Gasteiger partial charge in [0.1, 0.15) is 0 Å². The number of guanidine groups is 1. The van der Waals surface area contributed by atoms with Gasteiger partial charge in [0.05, 0.1) is 0 Å². The number of nitrogens with one attached hydrogen (secondary N) is 4. The Morgan fingerprint density at radius 2 is 1.50 bits per heavy atom. The minimum Gasteiger partial charge on any atom is -0.361 e. The van der Waals surface area contributed by atoms with Crippen molar-refractivity contribution in [2.24, 2.45) is 4.99 Å². The summed E-state index contributed by atoms with van der Waals surface area (Å²) in [6.07, 6.45) is 6.11. The lowest BCUT2D eigenvalue weighted by Crippen LogP contribution is -2.39. The highest BCUT2D eigenvalue weighted by molar-refractivity contribution is 5.84. The van der Waals surface area contributed by atoms with E-state index in [-0.39, 0.29) is 0 Å². The fourth-order valence-corrected chi connectivity index (χ4v) is 3.70. The Morgan fingerprint density at radius 3 is 2.21 bits per heavy atom. The fraction of sp³-hybridized carbons (Fsp3) is 0.261. The van der Waals surface area contributed by atoms with Gasteiger partial charge in [-0.3, -0.25) is 4.99 Å². The van der Waals surface area contributed by atoms with E-state index in [1.165, 1.54) is 38.5 Å². The largest absolute Gasteiger partial charge is 0.361 e. The summed E-state index contributed by atoms with van der Waals surface area (Å²) in [5.74, 6) is 0.843. The van der Waals surface area contributed by atoms with Gasteiger partial charge in [-0.2, -0.15) is 0 Å². The Hall–Kier alpha value is -3.21. The summed E-state index contributed by atoms with van der Waals surface area (Å²) < 4.78 is 0. The van der Waals surface area contributed by atoms with Crippen LogP contribution in [0.4, 0.5) is 0 Å². The smallest absolute Gasteiger partial charge is 0.190 e. The normalized spacial score (nSPS) is 12.0. The van der Waals surface area contributed by atoms with Crippen molar-refractivity contribution in [2.75, 3.05) is 20.1 Å². The summed E-state index contributed by atoms with van der Waals surface area (Å²) in [5, 5.41) is 9.43. The number of hydrogen-bond donors (Lipinski definition) is 4. The van der Waals surface area contributed by atoms with E-state index in [1.807, 2.05) is 7.05 Å². The average Bonchev–Trinajstić information content (AvgIpc) is 3.31. The first-order valence-electron chi connectivity index (χ1n) is 9.81. The molecule has 0 saturated carbocycles. The third kappa shape index (κ3) is 3.88. The van der Waals surface area contributed by atoms with Crippen LogP contribution in [0.2, 0.25) is 0 Å². The van der Waals surface area contributed by atoms with Crippen LogP contribution in [0.5, 0.6) is 0 Å². The lowest BCUT2D eigenvalue weighted by molar-refractivity contribution is 0.787. The molecule has 2 heterocycles. The summed E-state index contributed by atoms with van der Waals surface area (Å²) in [4.78, 5) is 11.0. The maximum atomic E-state index is 4.34. The summed E-state index contributed by atoms with van der Waals surface area (Å²) in [7, 11) is 1.81. The highest BCUT2D eigenvalue weighted by atomic mass is 15.2. The van der Waals surface area contributed by atoms with E-state index in [2.05, 4.69) is 87.4 Å². The van der Waals surface area contributed by atoms with Gasteiger partial charge >= 0.3 is 0 Å². The second-order valence-electron chi connectivity index (χ2n) is 7.15. The summed E-state index contributed by atoms with van der Waals surface area (Å²) in [5.41, 5.74) is 6.33. The van der Waals surface area contributed by atoms with Gasteiger partial charge in [-0.25, -0.2) is 0 Å². The van der Waals surface area contributed by atoms with Crippen molar-refractivity contribution in [2.45, 2.75) is 19.8 Å². The fourth-order valence-electron chi connectivity index (χ4n) is 3.70. The number of nitrogens with zero attached hydrogens (tertiary/aromatic N) is 1. The van der Waals surface area contributed by atoms with Crippen LogP contribution in [0, 0.1) is 6.92 Å². The number of aromatic nitrogens is 2. The topological polar surface area (TPSA) is 68.0 Å². The molecule has 0 aliphatic rings. The van der Waals surface area contributed by atoms with Gasteiger partial charge in [0.2, 0.25) is 0 Å². The van der Waals surface area contributed by atoms with Crippen LogP contribution in [0.1, 0.15) is 16.7 Å². The predicted molar refractivity (Wildman–Crippen MR) is 118 cm³/mol. The number of aliphatic imine (C=N–C) groups is 1. The Bertz CT molecular complexity index is 1100. The summed E-state index contributed by atoms with van der Waals surface area (Å²) >= 11 is 0. The lowest BCUT2D eigenvalue weighted by Gasteiger charge is -2.11. The van der Waals surface area contributed by atoms with Crippen LogP contribution in [-0.2, 0) is 12.8 Å². The molecular formula is C23H27N5. The minimum absolute atomic E-state index is 0.841. The van der Waals surface area contributed by atoms with Gasteiger partial charge in [0, 0.05) is 54.3 Å². The molecule has 0 radical (unpaired) electrons. The molecule has 4 N–H and O–H groups in total. The van der Waals surface area contributed by atoms with E-state index in [4.69, 9.17) is 0 Å². The van der Waals surface area contributed by atoms with Gasteiger partial charge < -0.3 is 20.6 Å². The maximum absolute atomic E-state index is 4.34. The molecule has 0 aliphatic heterocycles. The van der Waals surface area contributed by atoms with Crippen LogP contribution in [0.25, 0.3) is 21.8 Å². The SMILES string of the molecule is CN=C(NCCc1c[nH]c2ccccc12)NCCc1c[nH]c2cc(C)ccc12. The molecule has 144 valence electrons. The van der Waals surface area contributed by atoms with Crippen molar-refractivity contribution in [1.82, 2.24) is 20.6 Å². The molecule has 4 aromatic rings. The Labute approximate surface area is 165 Å². The zero-order valence-electron chi connectivity index (χ0n) is 16.5. The van der Waals surface area contributed by atoms with Gasteiger partial charge in [-0.1, -0.05) is 30.3 Å². The zero-order valence-corrected chi connectivity index (χ0v) is 16.5. The molecule has 0 amide bonds. The molecule has 0 bridgehead atoms. The average molecular weight is 374 g/mol. The first-order chi connectivity index (χ1) is 13.7. The van der Waals surface area contributed by atoms with Gasteiger partial charge in [0.15, 0.2) is 5.96 Å².